The molecule has 0 amide bonds. The summed E-state index contributed by atoms with van der Waals surface area (Å²) in [6.07, 6.45) is -4.23. The molecule has 0 atom stereocenters. The number of Topliss-reactive ketones (excluding diaryl/α,β-unsaturated/α-hetero) is 1. The van der Waals surface area contributed by atoms with Gasteiger partial charge in [0.1, 0.15) is 0 Å². The highest BCUT2D eigenvalue weighted by molar-refractivity contribution is 6.02. The topological polar surface area (TPSA) is 34.9 Å². The highest BCUT2D eigenvalue weighted by Gasteiger charge is 2.42. The first kappa shape index (κ1) is 15.3. The third-order valence-corrected chi connectivity index (χ3v) is 3.32. The minimum Gasteiger partial charge on any atom is -0.284 e. The Labute approximate surface area is 120 Å². The van der Waals surface area contributed by atoms with Gasteiger partial charge in [0, 0.05) is 12.2 Å². The van der Waals surface area contributed by atoms with E-state index in [2.05, 4.69) is 5.10 Å². The van der Waals surface area contributed by atoms with E-state index in [4.69, 9.17) is 0 Å². The molecular weight excluding hydrogens is 281 g/mol. The van der Waals surface area contributed by atoms with E-state index < -0.39 is 12.0 Å². The highest BCUT2D eigenvalue weighted by Crippen LogP contribution is 2.25. The predicted octanol–water partition coefficient (Wildman–Crippen LogP) is 3.49. The predicted molar refractivity (Wildman–Crippen MR) is 72.2 cm³/mol. The Morgan fingerprint density at radius 1 is 1.19 bits per heavy atom. The molecule has 0 saturated carbocycles. The Morgan fingerprint density at radius 3 is 2.38 bits per heavy atom. The lowest BCUT2D eigenvalue weighted by atomic mass is 10.1. The van der Waals surface area contributed by atoms with Gasteiger partial charge in [-0.2, -0.15) is 18.3 Å². The van der Waals surface area contributed by atoms with Crippen LogP contribution in [0.25, 0.3) is 0 Å². The van der Waals surface area contributed by atoms with E-state index in [-0.39, 0.29) is 17.0 Å². The van der Waals surface area contributed by atoms with Crippen LogP contribution in [0, 0.1) is 13.8 Å². The molecule has 0 N–H and O–H groups in total. The third-order valence-electron chi connectivity index (χ3n) is 3.32. The normalized spacial score (nSPS) is 11.7. The van der Waals surface area contributed by atoms with Crippen molar-refractivity contribution in [3.8, 4) is 0 Å². The van der Waals surface area contributed by atoms with Crippen molar-refractivity contribution in [2.24, 2.45) is 0 Å². The van der Waals surface area contributed by atoms with Gasteiger partial charge in [0.2, 0.25) is 0 Å². The average Bonchev–Trinajstić information content (AvgIpc) is 2.70. The lowest BCUT2D eigenvalue weighted by Gasteiger charge is -2.07. The molecule has 1 heterocycles. The number of halogens is 3. The number of aryl methyl sites for hydroxylation is 3. The zero-order valence-corrected chi connectivity index (χ0v) is 11.7. The lowest BCUT2D eigenvalue weighted by molar-refractivity contribution is -0.0886. The summed E-state index contributed by atoms with van der Waals surface area (Å²) >= 11 is 0. The summed E-state index contributed by atoms with van der Waals surface area (Å²) in [6, 6.07) is 9.57. The first-order valence-electron chi connectivity index (χ1n) is 6.50. The summed E-state index contributed by atoms with van der Waals surface area (Å²) in [5, 5.41) is 4.06. The number of aromatic nitrogens is 2. The van der Waals surface area contributed by atoms with Crippen molar-refractivity contribution in [1.82, 2.24) is 9.78 Å². The number of carbonyl (C=O) groups excluding carboxylic acids is 1. The maximum atomic E-state index is 12.6. The number of alkyl halides is 3. The van der Waals surface area contributed by atoms with Gasteiger partial charge in [-0.3, -0.25) is 9.48 Å². The Morgan fingerprint density at radius 2 is 1.81 bits per heavy atom. The van der Waals surface area contributed by atoms with Crippen molar-refractivity contribution >= 4 is 5.78 Å². The van der Waals surface area contributed by atoms with E-state index in [0.717, 1.165) is 5.56 Å². The van der Waals surface area contributed by atoms with Gasteiger partial charge in [0.05, 0.1) is 11.3 Å². The van der Waals surface area contributed by atoms with Gasteiger partial charge in [-0.05, 0) is 25.8 Å². The van der Waals surface area contributed by atoms with E-state index in [1.54, 1.807) is 0 Å². The maximum absolute atomic E-state index is 12.6. The molecule has 2 rings (SSSR count). The van der Waals surface area contributed by atoms with Crippen molar-refractivity contribution in [1.29, 1.82) is 0 Å². The van der Waals surface area contributed by atoms with Crippen LogP contribution in [0.15, 0.2) is 30.3 Å². The third kappa shape index (κ3) is 3.32. The molecule has 0 spiro atoms. The van der Waals surface area contributed by atoms with Crippen LogP contribution in [-0.4, -0.2) is 21.7 Å². The summed E-state index contributed by atoms with van der Waals surface area (Å²) in [5.74, 6) is -1.83. The number of benzene rings is 1. The van der Waals surface area contributed by atoms with Gasteiger partial charge in [-0.15, -0.1) is 0 Å². The van der Waals surface area contributed by atoms with Crippen LogP contribution in [0.4, 0.5) is 13.2 Å². The molecule has 0 aliphatic carbocycles. The fourth-order valence-corrected chi connectivity index (χ4v) is 2.26. The van der Waals surface area contributed by atoms with Crippen LogP contribution in [0.5, 0.6) is 0 Å². The Bertz CT molecular complexity index is 645. The molecule has 1 aromatic heterocycles. The van der Waals surface area contributed by atoms with Crippen LogP contribution in [0.1, 0.15) is 27.3 Å². The SMILES string of the molecule is Cc1nn(CCc2ccccc2)c(C)c1C(=O)C(F)(F)F. The fourth-order valence-electron chi connectivity index (χ4n) is 2.26. The van der Waals surface area contributed by atoms with Gasteiger partial charge >= 0.3 is 6.18 Å². The lowest BCUT2D eigenvalue weighted by Crippen LogP contribution is -2.24. The van der Waals surface area contributed by atoms with Crippen LogP contribution < -0.4 is 0 Å². The molecular formula is C15H15F3N2O. The van der Waals surface area contributed by atoms with Gasteiger partial charge in [-0.1, -0.05) is 30.3 Å². The monoisotopic (exact) mass is 296 g/mol. The largest absolute Gasteiger partial charge is 0.455 e. The minimum absolute atomic E-state index is 0.114. The summed E-state index contributed by atoms with van der Waals surface area (Å²) in [6.45, 7) is 3.34. The van der Waals surface area contributed by atoms with Crippen molar-refractivity contribution in [2.45, 2.75) is 33.0 Å². The summed E-state index contributed by atoms with van der Waals surface area (Å²) in [5.41, 5.74) is 1.10. The Kier molecular flexibility index (Phi) is 4.16. The van der Waals surface area contributed by atoms with Gasteiger partial charge in [0.15, 0.2) is 0 Å². The fraction of sp³-hybridized carbons (Fsp3) is 0.333. The van der Waals surface area contributed by atoms with E-state index >= 15 is 0 Å². The number of hydrogen-bond acceptors (Lipinski definition) is 2. The number of nitrogens with zero attached hydrogens (tertiary/aromatic N) is 2. The molecule has 0 fully saturated rings. The van der Waals surface area contributed by atoms with Crippen LogP contribution in [0.3, 0.4) is 0 Å². The quantitative estimate of drug-likeness (QED) is 0.810. The van der Waals surface area contributed by atoms with Crippen LogP contribution in [0.2, 0.25) is 0 Å². The van der Waals surface area contributed by atoms with Crippen LogP contribution >= 0.6 is 0 Å². The Hall–Kier alpha value is -2.11. The molecule has 0 unspecified atom stereocenters. The standard InChI is InChI=1S/C15H15F3N2O/c1-10-13(14(21)15(16,17)18)11(2)20(19-10)9-8-12-6-4-3-5-7-12/h3-7H,8-9H2,1-2H3. The molecule has 0 bridgehead atoms. The zero-order valence-electron chi connectivity index (χ0n) is 11.7. The number of rotatable bonds is 4. The molecule has 21 heavy (non-hydrogen) atoms. The summed E-state index contributed by atoms with van der Waals surface area (Å²) in [7, 11) is 0. The van der Waals surface area contributed by atoms with E-state index in [1.165, 1.54) is 18.5 Å². The molecule has 112 valence electrons. The Balaban J connectivity index is 2.21. The molecule has 0 aliphatic heterocycles. The molecule has 1 aromatic carbocycles. The van der Waals surface area contributed by atoms with Gasteiger partial charge in [-0.25, -0.2) is 0 Å². The zero-order chi connectivity index (χ0) is 15.6. The number of ketones is 1. The average molecular weight is 296 g/mol. The smallest absolute Gasteiger partial charge is 0.284 e. The van der Waals surface area contributed by atoms with Crippen LogP contribution in [-0.2, 0) is 13.0 Å². The maximum Gasteiger partial charge on any atom is 0.455 e. The van der Waals surface area contributed by atoms with E-state index in [0.29, 0.717) is 13.0 Å². The molecule has 6 heteroatoms. The molecule has 2 aromatic rings. The van der Waals surface area contributed by atoms with E-state index in [1.807, 2.05) is 30.3 Å². The summed E-state index contributed by atoms with van der Waals surface area (Å²) in [4.78, 5) is 11.4. The first-order chi connectivity index (χ1) is 9.80. The second-order valence-electron chi connectivity index (χ2n) is 4.83. The van der Waals surface area contributed by atoms with Crippen molar-refractivity contribution in [2.75, 3.05) is 0 Å². The van der Waals surface area contributed by atoms with Crippen molar-refractivity contribution in [3.63, 3.8) is 0 Å². The number of hydrogen-bond donors (Lipinski definition) is 0. The minimum atomic E-state index is -4.87. The van der Waals surface area contributed by atoms with Gasteiger partial charge in [0.25, 0.3) is 5.78 Å². The summed E-state index contributed by atoms with van der Waals surface area (Å²) < 4.78 is 39.2. The molecule has 0 radical (unpaired) electrons. The second kappa shape index (κ2) is 5.71. The second-order valence-corrected chi connectivity index (χ2v) is 4.83. The first-order valence-corrected chi connectivity index (χ1v) is 6.50. The van der Waals surface area contributed by atoms with Gasteiger partial charge < -0.3 is 0 Å². The highest BCUT2D eigenvalue weighted by atomic mass is 19.4. The number of carbonyl (C=O) groups is 1. The van der Waals surface area contributed by atoms with Crippen molar-refractivity contribution < 1.29 is 18.0 Å². The molecule has 0 aliphatic rings. The molecule has 3 nitrogen and oxygen atoms in total. The molecule has 0 saturated heterocycles. The van der Waals surface area contributed by atoms with E-state index in [9.17, 15) is 18.0 Å². The van der Waals surface area contributed by atoms with Crippen molar-refractivity contribution in [3.05, 3.63) is 52.8 Å².